The van der Waals surface area contributed by atoms with E-state index in [1.165, 1.54) is 96.3 Å². The number of aliphatic carboxylic acids is 1. The number of carbonyl (C=O) groups excluding carboxylic acids is 1. The number of carboxylic acids is 1. The number of allylic oxidation sites excluding steroid dienone is 14. The molecule has 0 heterocycles. The van der Waals surface area contributed by atoms with Gasteiger partial charge < -0.3 is 25.2 Å². The number of phosphoric acid groups is 1. The van der Waals surface area contributed by atoms with Crippen LogP contribution in [0, 0.1) is 0 Å². The van der Waals surface area contributed by atoms with Crippen LogP contribution in [0.15, 0.2) is 85.1 Å². The molecule has 0 aromatic carbocycles. The number of esters is 1. The minimum atomic E-state index is -4.64. The molecular formula is C52H90NO9P. The Morgan fingerprint density at radius 1 is 0.524 bits per heavy atom. The van der Waals surface area contributed by atoms with Gasteiger partial charge in [-0.15, -0.1) is 0 Å². The van der Waals surface area contributed by atoms with E-state index >= 15 is 0 Å². The van der Waals surface area contributed by atoms with E-state index in [2.05, 4.69) is 98.9 Å². The SMILES string of the molecule is CC/C=C\C/C=C\C/C=C\C/C=C\C/C=C\C/C=C\CCCOCC(COP(=O)(O)OCC(N)C(=O)O)OC(=O)CCCCCCCCCCC/C=C\CCCCCCCCCC. The molecule has 3 unspecified atom stereocenters. The summed E-state index contributed by atoms with van der Waals surface area (Å²) in [5.41, 5.74) is 5.37. The van der Waals surface area contributed by atoms with Crippen molar-refractivity contribution in [3.63, 3.8) is 0 Å². The molecule has 0 amide bonds. The third-order valence-electron chi connectivity index (χ3n) is 10.2. The van der Waals surface area contributed by atoms with Gasteiger partial charge in [-0.05, 0) is 83.5 Å². The number of hydrogen-bond acceptors (Lipinski definition) is 8. The van der Waals surface area contributed by atoms with Gasteiger partial charge in [0.15, 0.2) is 0 Å². The lowest BCUT2D eigenvalue weighted by Crippen LogP contribution is -2.34. The highest BCUT2D eigenvalue weighted by molar-refractivity contribution is 7.47. The first-order chi connectivity index (χ1) is 30.7. The average Bonchev–Trinajstić information content (AvgIpc) is 3.26. The lowest BCUT2D eigenvalue weighted by Gasteiger charge is -2.20. The summed E-state index contributed by atoms with van der Waals surface area (Å²) in [4.78, 5) is 33.7. The third-order valence-corrected chi connectivity index (χ3v) is 11.1. The summed E-state index contributed by atoms with van der Waals surface area (Å²) in [7, 11) is -4.64. The van der Waals surface area contributed by atoms with Gasteiger partial charge in [0.1, 0.15) is 12.1 Å². The van der Waals surface area contributed by atoms with Crippen LogP contribution < -0.4 is 5.73 Å². The van der Waals surface area contributed by atoms with Gasteiger partial charge in [0, 0.05) is 13.0 Å². The number of carbonyl (C=O) groups is 2. The van der Waals surface area contributed by atoms with Gasteiger partial charge in [0.2, 0.25) is 0 Å². The first kappa shape index (κ1) is 60.2. The predicted molar refractivity (Wildman–Crippen MR) is 263 cm³/mol. The maximum atomic E-state index is 12.7. The predicted octanol–water partition coefficient (Wildman–Crippen LogP) is 14.3. The Morgan fingerprint density at radius 2 is 0.921 bits per heavy atom. The van der Waals surface area contributed by atoms with Crippen LogP contribution in [0.4, 0.5) is 0 Å². The molecule has 11 heteroatoms. The monoisotopic (exact) mass is 904 g/mol. The van der Waals surface area contributed by atoms with Crippen molar-refractivity contribution in [3.05, 3.63) is 85.1 Å². The first-order valence-electron chi connectivity index (χ1n) is 24.6. The second kappa shape index (κ2) is 47.1. The molecule has 0 fully saturated rings. The topological polar surface area (TPSA) is 155 Å². The molecule has 0 aromatic heterocycles. The molecule has 4 N–H and O–H groups in total. The van der Waals surface area contributed by atoms with Crippen LogP contribution in [-0.4, -0.2) is 60.5 Å². The van der Waals surface area contributed by atoms with Crippen molar-refractivity contribution in [1.82, 2.24) is 0 Å². The zero-order chi connectivity index (χ0) is 46.2. The highest BCUT2D eigenvalue weighted by Gasteiger charge is 2.27. The molecule has 0 aliphatic rings. The van der Waals surface area contributed by atoms with E-state index in [1.54, 1.807) is 0 Å². The summed E-state index contributed by atoms with van der Waals surface area (Å²) < 4.78 is 33.4. The van der Waals surface area contributed by atoms with E-state index in [1.807, 2.05) is 0 Å². The normalized spacial score (nSPS) is 14.5. The Labute approximate surface area is 384 Å². The van der Waals surface area contributed by atoms with Gasteiger partial charge in [-0.2, -0.15) is 0 Å². The lowest BCUT2D eigenvalue weighted by molar-refractivity contribution is -0.154. The average molecular weight is 904 g/mol. The molecule has 0 saturated carbocycles. The van der Waals surface area contributed by atoms with Crippen LogP contribution in [0.3, 0.4) is 0 Å². The molecule has 0 rings (SSSR count). The Bertz CT molecular complexity index is 1320. The van der Waals surface area contributed by atoms with Crippen LogP contribution in [0.1, 0.15) is 194 Å². The van der Waals surface area contributed by atoms with Gasteiger partial charge in [0.25, 0.3) is 0 Å². The molecule has 3 atom stereocenters. The van der Waals surface area contributed by atoms with Gasteiger partial charge in [0.05, 0.1) is 19.8 Å². The molecule has 10 nitrogen and oxygen atoms in total. The Morgan fingerprint density at radius 3 is 1.40 bits per heavy atom. The fourth-order valence-electron chi connectivity index (χ4n) is 6.38. The smallest absolute Gasteiger partial charge is 0.472 e. The zero-order valence-electron chi connectivity index (χ0n) is 39.6. The number of ether oxygens (including phenoxy) is 2. The fraction of sp³-hybridized carbons (Fsp3) is 0.692. The molecule has 0 aliphatic heterocycles. The first-order valence-corrected chi connectivity index (χ1v) is 26.1. The van der Waals surface area contributed by atoms with E-state index in [4.69, 9.17) is 29.4 Å². The standard InChI is InChI=1S/C52H90NO9P/c1-3-5-7-9-11-13-15-17-19-21-23-25-26-28-30-32-34-36-38-40-42-44-51(54)62-49(47-60-63(57,58)61-48-50(53)52(55)56)46-59-45-43-41-39-37-35-33-31-29-27-24-22-20-18-16-14-12-10-8-6-4-2/h6,8,12,14,18,20-21,23-24,27,31,33,37,39,49-50H,3-5,7,9-11,13,15-17,19,22,25-26,28-30,32,34-36,38,40-48,53H2,1-2H3,(H,55,56)(H,57,58)/b8-6-,14-12-,20-18-,23-21-,27-24-,33-31-,39-37-. The van der Waals surface area contributed by atoms with Crippen LogP contribution in [0.5, 0.6) is 0 Å². The molecule has 0 saturated heterocycles. The number of nitrogens with two attached hydrogens (primary N) is 1. The van der Waals surface area contributed by atoms with Crippen LogP contribution in [0.25, 0.3) is 0 Å². The number of unbranched alkanes of at least 4 members (excludes halogenated alkanes) is 18. The molecular weight excluding hydrogens is 814 g/mol. The van der Waals surface area contributed by atoms with E-state index in [-0.39, 0.29) is 13.0 Å². The quantitative estimate of drug-likeness (QED) is 0.0233. The number of phosphoric ester groups is 1. The highest BCUT2D eigenvalue weighted by Crippen LogP contribution is 2.43. The summed E-state index contributed by atoms with van der Waals surface area (Å²) in [5.74, 6) is -1.81. The molecule has 0 bridgehead atoms. The van der Waals surface area contributed by atoms with Crippen molar-refractivity contribution < 1.29 is 42.7 Å². The van der Waals surface area contributed by atoms with E-state index in [9.17, 15) is 19.0 Å². The van der Waals surface area contributed by atoms with Crippen molar-refractivity contribution in [2.45, 2.75) is 206 Å². The molecule has 362 valence electrons. The maximum absolute atomic E-state index is 12.7. The van der Waals surface area contributed by atoms with Gasteiger partial charge in [-0.25, -0.2) is 4.57 Å². The lowest BCUT2D eigenvalue weighted by atomic mass is 10.1. The van der Waals surface area contributed by atoms with Gasteiger partial charge in [-0.1, -0.05) is 189 Å². The molecule has 0 aromatic rings. The number of hydrogen-bond donors (Lipinski definition) is 3. The summed E-state index contributed by atoms with van der Waals surface area (Å²) in [6, 6.07) is -1.49. The van der Waals surface area contributed by atoms with Crippen molar-refractivity contribution in [1.29, 1.82) is 0 Å². The van der Waals surface area contributed by atoms with E-state index in [0.717, 1.165) is 70.6 Å². The minimum absolute atomic E-state index is 0.0280. The van der Waals surface area contributed by atoms with Crippen molar-refractivity contribution >= 4 is 19.8 Å². The maximum Gasteiger partial charge on any atom is 0.472 e. The Hall–Kier alpha value is -2.85. The Kier molecular flexibility index (Phi) is 45.0. The zero-order valence-corrected chi connectivity index (χ0v) is 40.5. The van der Waals surface area contributed by atoms with Gasteiger partial charge in [-0.3, -0.25) is 18.6 Å². The number of carboxylic acid groups (broad SMARTS) is 1. The van der Waals surface area contributed by atoms with E-state index < -0.39 is 45.1 Å². The van der Waals surface area contributed by atoms with Crippen molar-refractivity contribution in [2.75, 3.05) is 26.4 Å². The van der Waals surface area contributed by atoms with Crippen LogP contribution >= 0.6 is 7.82 Å². The molecule has 63 heavy (non-hydrogen) atoms. The van der Waals surface area contributed by atoms with Crippen molar-refractivity contribution in [3.8, 4) is 0 Å². The van der Waals surface area contributed by atoms with Crippen molar-refractivity contribution in [2.24, 2.45) is 5.73 Å². The number of rotatable bonds is 46. The molecule has 0 radical (unpaired) electrons. The Balaban J connectivity index is 4.28. The summed E-state index contributed by atoms with van der Waals surface area (Å²) in [6.45, 7) is 3.62. The second-order valence-electron chi connectivity index (χ2n) is 16.2. The van der Waals surface area contributed by atoms with Crippen LogP contribution in [-0.2, 0) is 32.7 Å². The second-order valence-corrected chi connectivity index (χ2v) is 17.7. The summed E-state index contributed by atoms with van der Waals surface area (Å²) in [5, 5.41) is 8.92. The van der Waals surface area contributed by atoms with Crippen LogP contribution in [0.2, 0.25) is 0 Å². The third kappa shape index (κ3) is 46.9. The summed E-state index contributed by atoms with van der Waals surface area (Å²) in [6.07, 6.45) is 60.8. The minimum Gasteiger partial charge on any atom is -0.480 e. The summed E-state index contributed by atoms with van der Waals surface area (Å²) >= 11 is 0. The molecule has 0 aliphatic carbocycles. The molecule has 0 spiro atoms. The van der Waals surface area contributed by atoms with Gasteiger partial charge >= 0.3 is 19.8 Å². The van der Waals surface area contributed by atoms with E-state index in [0.29, 0.717) is 13.0 Å². The highest BCUT2D eigenvalue weighted by atomic mass is 31.2. The fourth-order valence-corrected chi connectivity index (χ4v) is 7.16. The largest absolute Gasteiger partial charge is 0.480 e.